The fraction of sp³-hybridized carbons (Fsp3) is 0.176. The first-order chi connectivity index (χ1) is 10.3. The molecule has 0 aliphatic heterocycles. The maximum Gasteiger partial charge on any atom is 0.417 e. The number of nitrogens with two attached hydrogens (primary N) is 2. The minimum Gasteiger partial charge on any atom is -0.397 e. The zero-order valence-corrected chi connectivity index (χ0v) is 12.1. The predicted octanol–water partition coefficient (Wildman–Crippen LogP) is 4.96. The molecule has 0 saturated heterocycles. The molecule has 2 nitrogen and oxygen atoms in total. The van der Waals surface area contributed by atoms with E-state index in [4.69, 9.17) is 11.5 Å². The van der Waals surface area contributed by atoms with Gasteiger partial charge in [0.25, 0.3) is 0 Å². The Morgan fingerprint density at radius 1 is 1.09 bits per heavy atom. The van der Waals surface area contributed by atoms with E-state index in [1.807, 2.05) is 13.0 Å². The molecule has 0 amide bonds. The van der Waals surface area contributed by atoms with Crippen molar-refractivity contribution in [2.45, 2.75) is 19.5 Å². The highest BCUT2D eigenvalue weighted by atomic mass is 19.4. The van der Waals surface area contributed by atoms with Gasteiger partial charge >= 0.3 is 6.18 Å². The Bertz CT molecular complexity index is 704. The van der Waals surface area contributed by atoms with Crippen molar-refractivity contribution >= 4 is 17.5 Å². The highest BCUT2D eigenvalue weighted by molar-refractivity contribution is 5.83. The van der Waals surface area contributed by atoms with Gasteiger partial charge in [-0.1, -0.05) is 37.3 Å². The Morgan fingerprint density at radius 3 is 2.41 bits per heavy atom. The molecule has 5 heteroatoms. The summed E-state index contributed by atoms with van der Waals surface area (Å²) >= 11 is 0. The highest BCUT2D eigenvalue weighted by Crippen LogP contribution is 2.39. The number of hydrogen-bond donors (Lipinski definition) is 2. The molecular weight excluding hydrogens is 289 g/mol. The van der Waals surface area contributed by atoms with Crippen molar-refractivity contribution in [1.29, 1.82) is 0 Å². The van der Waals surface area contributed by atoms with Gasteiger partial charge in [-0.05, 0) is 41.3 Å². The average Bonchev–Trinajstić information content (AvgIpc) is 2.47. The molecule has 2 aromatic carbocycles. The highest BCUT2D eigenvalue weighted by Gasteiger charge is 2.33. The summed E-state index contributed by atoms with van der Waals surface area (Å²) in [6, 6.07) is 8.53. The molecule has 0 aliphatic carbocycles. The number of allylic oxidation sites excluding steroid dienone is 1. The zero-order valence-electron chi connectivity index (χ0n) is 12.1. The Labute approximate surface area is 127 Å². The summed E-state index contributed by atoms with van der Waals surface area (Å²) in [5, 5.41) is 0. The van der Waals surface area contributed by atoms with E-state index < -0.39 is 11.7 Å². The number of rotatable bonds is 3. The number of halogens is 3. The topological polar surface area (TPSA) is 52.0 Å². The molecule has 0 heterocycles. The van der Waals surface area contributed by atoms with Gasteiger partial charge in [0.05, 0.1) is 16.9 Å². The Balaban J connectivity index is 2.64. The van der Waals surface area contributed by atoms with E-state index in [9.17, 15) is 13.2 Å². The van der Waals surface area contributed by atoms with E-state index >= 15 is 0 Å². The lowest BCUT2D eigenvalue weighted by Gasteiger charge is -2.15. The van der Waals surface area contributed by atoms with Crippen LogP contribution in [0.25, 0.3) is 17.2 Å². The minimum absolute atomic E-state index is 0.0906. The van der Waals surface area contributed by atoms with Gasteiger partial charge in [-0.2, -0.15) is 13.2 Å². The Morgan fingerprint density at radius 2 is 1.77 bits per heavy atom. The fourth-order valence-corrected chi connectivity index (χ4v) is 2.22. The summed E-state index contributed by atoms with van der Waals surface area (Å²) in [6.07, 6.45) is 0.0187. The first-order valence-corrected chi connectivity index (χ1v) is 6.86. The molecule has 0 spiro atoms. The predicted molar refractivity (Wildman–Crippen MR) is 85.0 cm³/mol. The first kappa shape index (κ1) is 15.9. The summed E-state index contributed by atoms with van der Waals surface area (Å²) in [4.78, 5) is 0. The lowest BCUT2D eigenvalue weighted by molar-refractivity contribution is -0.137. The van der Waals surface area contributed by atoms with Crippen LogP contribution in [0.5, 0.6) is 0 Å². The number of benzene rings is 2. The molecule has 2 aromatic rings. The largest absolute Gasteiger partial charge is 0.417 e. The maximum atomic E-state index is 13.1. The summed E-state index contributed by atoms with van der Waals surface area (Å²) < 4.78 is 39.4. The lowest BCUT2D eigenvalue weighted by atomic mass is 9.96. The minimum atomic E-state index is -4.42. The van der Waals surface area contributed by atoms with Crippen molar-refractivity contribution in [2.75, 3.05) is 11.5 Å². The van der Waals surface area contributed by atoms with Crippen LogP contribution in [0.1, 0.15) is 24.5 Å². The van der Waals surface area contributed by atoms with Crippen LogP contribution in [0.2, 0.25) is 0 Å². The molecule has 0 fully saturated rings. The fourth-order valence-electron chi connectivity index (χ4n) is 2.22. The Kier molecular flexibility index (Phi) is 4.45. The molecule has 22 heavy (non-hydrogen) atoms. The Hall–Kier alpha value is -2.43. The van der Waals surface area contributed by atoms with Crippen LogP contribution in [-0.2, 0) is 6.18 Å². The van der Waals surface area contributed by atoms with Gasteiger partial charge in [-0.25, -0.2) is 0 Å². The summed E-state index contributed by atoms with van der Waals surface area (Å²) in [7, 11) is 0. The quantitative estimate of drug-likeness (QED) is 0.787. The molecule has 0 unspecified atom stereocenters. The van der Waals surface area contributed by atoms with E-state index in [1.54, 1.807) is 18.2 Å². The molecule has 0 atom stereocenters. The second-order valence-electron chi connectivity index (χ2n) is 4.92. The molecule has 0 bridgehead atoms. The van der Waals surface area contributed by atoms with Crippen molar-refractivity contribution in [3.63, 3.8) is 0 Å². The lowest BCUT2D eigenvalue weighted by Crippen LogP contribution is -2.07. The average molecular weight is 306 g/mol. The van der Waals surface area contributed by atoms with Crippen molar-refractivity contribution in [2.24, 2.45) is 0 Å². The number of hydrogen-bond acceptors (Lipinski definition) is 2. The molecule has 0 aromatic heterocycles. The van der Waals surface area contributed by atoms with Crippen molar-refractivity contribution in [3.05, 3.63) is 53.6 Å². The van der Waals surface area contributed by atoms with E-state index in [0.29, 0.717) is 16.8 Å². The van der Waals surface area contributed by atoms with E-state index in [1.165, 1.54) is 18.2 Å². The smallest absolute Gasteiger partial charge is 0.397 e. The van der Waals surface area contributed by atoms with Gasteiger partial charge < -0.3 is 11.5 Å². The molecule has 2 rings (SSSR count). The van der Waals surface area contributed by atoms with E-state index in [2.05, 4.69) is 0 Å². The summed E-state index contributed by atoms with van der Waals surface area (Å²) in [5.41, 5.74) is 12.8. The third-order valence-electron chi connectivity index (χ3n) is 3.32. The number of alkyl halides is 3. The van der Waals surface area contributed by atoms with Crippen LogP contribution in [-0.4, -0.2) is 0 Å². The SMILES string of the molecule is CCC=Cc1cc(-c2ccccc2C(F)(F)F)cc(N)c1N. The zero-order chi connectivity index (χ0) is 16.3. The number of nitrogen functional groups attached to an aromatic ring is 2. The normalized spacial score (nSPS) is 12.0. The molecule has 0 radical (unpaired) electrons. The van der Waals surface area contributed by atoms with E-state index in [-0.39, 0.29) is 11.3 Å². The standard InChI is InChI=1S/C17H17F3N2/c1-2-3-6-11-9-12(10-15(21)16(11)22)13-7-4-5-8-14(13)17(18,19)20/h3-10H,2,21-22H2,1H3. The monoisotopic (exact) mass is 306 g/mol. The molecule has 0 saturated carbocycles. The second kappa shape index (κ2) is 6.13. The van der Waals surface area contributed by atoms with Gasteiger partial charge in [0.1, 0.15) is 0 Å². The van der Waals surface area contributed by atoms with Gasteiger partial charge in [-0.3, -0.25) is 0 Å². The molecular formula is C17H17F3N2. The van der Waals surface area contributed by atoms with Gasteiger partial charge in [0.15, 0.2) is 0 Å². The van der Waals surface area contributed by atoms with Crippen LogP contribution in [0.4, 0.5) is 24.5 Å². The molecule has 0 aliphatic rings. The van der Waals surface area contributed by atoms with Crippen LogP contribution in [0, 0.1) is 0 Å². The van der Waals surface area contributed by atoms with Gasteiger partial charge in [0.2, 0.25) is 0 Å². The van der Waals surface area contributed by atoms with Gasteiger partial charge in [-0.15, -0.1) is 0 Å². The van der Waals surface area contributed by atoms with Crippen molar-refractivity contribution in [1.82, 2.24) is 0 Å². The third-order valence-corrected chi connectivity index (χ3v) is 3.32. The van der Waals surface area contributed by atoms with Gasteiger partial charge in [0, 0.05) is 0 Å². The van der Waals surface area contributed by atoms with Crippen molar-refractivity contribution < 1.29 is 13.2 Å². The molecule has 4 N–H and O–H groups in total. The molecule has 116 valence electrons. The summed E-state index contributed by atoms with van der Waals surface area (Å²) in [6.45, 7) is 1.96. The second-order valence-corrected chi connectivity index (χ2v) is 4.92. The van der Waals surface area contributed by atoms with Crippen LogP contribution < -0.4 is 11.5 Å². The van der Waals surface area contributed by atoms with Crippen LogP contribution >= 0.6 is 0 Å². The van der Waals surface area contributed by atoms with E-state index in [0.717, 1.165) is 12.5 Å². The maximum absolute atomic E-state index is 13.1. The summed E-state index contributed by atoms with van der Waals surface area (Å²) in [5.74, 6) is 0. The van der Waals surface area contributed by atoms with Crippen LogP contribution in [0.15, 0.2) is 42.5 Å². The van der Waals surface area contributed by atoms with Crippen LogP contribution in [0.3, 0.4) is 0 Å². The first-order valence-electron chi connectivity index (χ1n) is 6.86. The third kappa shape index (κ3) is 3.24. The number of anilines is 2. The van der Waals surface area contributed by atoms with Crippen molar-refractivity contribution in [3.8, 4) is 11.1 Å².